The summed E-state index contributed by atoms with van der Waals surface area (Å²) in [5, 5.41) is 0.0145. The molecule has 0 amide bonds. The maximum Gasteiger partial charge on any atom is 0.202 e. The predicted octanol–water partition coefficient (Wildman–Crippen LogP) is 4.42. The Labute approximate surface area is 144 Å². The van der Waals surface area contributed by atoms with Gasteiger partial charge in [0.2, 0.25) is 9.84 Å². The molecular formula is C14H9Br2ClO3S. The van der Waals surface area contributed by atoms with Crippen molar-refractivity contribution < 1.29 is 13.2 Å². The van der Waals surface area contributed by atoms with Crippen molar-refractivity contribution >= 4 is 59.1 Å². The largest absolute Gasteiger partial charge is 0.289 e. The molecule has 0 spiro atoms. The highest BCUT2D eigenvalue weighted by atomic mass is 79.9. The Kier molecular flexibility index (Phi) is 5.24. The van der Waals surface area contributed by atoms with Gasteiger partial charge in [0.25, 0.3) is 0 Å². The SMILES string of the molecule is O=C(c1ccccc1)c1ccc(S(=O)(=O)C(Br)Br)c(Cl)c1. The highest BCUT2D eigenvalue weighted by Gasteiger charge is 2.25. The first-order valence-corrected chi connectivity index (χ1v) is 9.51. The van der Waals surface area contributed by atoms with Crippen LogP contribution in [-0.2, 0) is 9.84 Å². The Bertz CT molecular complexity index is 774. The molecule has 0 aliphatic rings. The second-order valence-electron chi connectivity index (χ2n) is 4.15. The van der Waals surface area contributed by atoms with Crippen LogP contribution < -0.4 is 0 Å². The van der Waals surface area contributed by atoms with Crippen molar-refractivity contribution in [1.29, 1.82) is 0 Å². The zero-order valence-corrected chi connectivity index (χ0v) is 15.2. The smallest absolute Gasteiger partial charge is 0.202 e. The molecule has 0 aromatic heterocycles. The Balaban J connectivity index is 2.43. The van der Waals surface area contributed by atoms with Crippen LogP contribution in [0.1, 0.15) is 15.9 Å². The number of rotatable bonds is 4. The lowest BCUT2D eigenvalue weighted by Gasteiger charge is -2.09. The van der Waals surface area contributed by atoms with E-state index in [0.717, 1.165) is 0 Å². The van der Waals surface area contributed by atoms with Crippen molar-refractivity contribution in [3.63, 3.8) is 0 Å². The van der Waals surface area contributed by atoms with Crippen molar-refractivity contribution in [3.05, 3.63) is 64.7 Å². The van der Waals surface area contributed by atoms with Crippen LogP contribution in [0.3, 0.4) is 0 Å². The molecule has 21 heavy (non-hydrogen) atoms. The first-order valence-electron chi connectivity index (χ1n) is 5.75. The van der Waals surface area contributed by atoms with Gasteiger partial charge in [0.05, 0.1) is 9.92 Å². The molecular weight excluding hydrogens is 443 g/mol. The van der Waals surface area contributed by atoms with Gasteiger partial charge < -0.3 is 0 Å². The summed E-state index contributed by atoms with van der Waals surface area (Å²) in [6.45, 7) is 0. The Morgan fingerprint density at radius 3 is 2.14 bits per heavy atom. The van der Waals surface area contributed by atoms with Gasteiger partial charge in [0, 0.05) is 11.1 Å². The molecule has 2 rings (SSSR count). The summed E-state index contributed by atoms with van der Waals surface area (Å²) in [7, 11) is -3.62. The average molecular weight is 453 g/mol. The number of hydrogen-bond acceptors (Lipinski definition) is 3. The van der Waals surface area contributed by atoms with E-state index in [9.17, 15) is 13.2 Å². The van der Waals surface area contributed by atoms with Crippen molar-refractivity contribution in [3.8, 4) is 0 Å². The number of alkyl halides is 2. The molecule has 0 unspecified atom stereocenters. The predicted molar refractivity (Wildman–Crippen MR) is 90.2 cm³/mol. The summed E-state index contributed by atoms with van der Waals surface area (Å²) >= 11 is 11.9. The fraction of sp³-hybridized carbons (Fsp3) is 0.0714. The van der Waals surface area contributed by atoms with Crippen LogP contribution in [0.2, 0.25) is 5.02 Å². The second-order valence-corrected chi connectivity index (χ2v) is 10.8. The maximum absolute atomic E-state index is 12.3. The summed E-state index contributed by atoms with van der Waals surface area (Å²) < 4.78 is 23.1. The number of sulfone groups is 1. The maximum atomic E-state index is 12.3. The van der Waals surface area contributed by atoms with E-state index < -0.39 is 12.9 Å². The minimum absolute atomic E-state index is 0.0145. The highest BCUT2D eigenvalue weighted by molar-refractivity contribution is 9.27. The average Bonchev–Trinajstić information content (AvgIpc) is 2.46. The van der Waals surface area contributed by atoms with Crippen LogP contribution in [0, 0.1) is 0 Å². The molecule has 0 aliphatic heterocycles. The zero-order chi connectivity index (χ0) is 15.6. The molecule has 2 aromatic carbocycles. The molecule has 0 radical (unpaired) electrons. The van der Waals surface area contributed by atoms with Crippen LogP contribution in [0.25, 0.3) is 0 Å². The highest BCUT2D eigenvalue weighted by Crippen LogP contribution is 2.31. The van der Waals surface area contributed by atoms with E-state index in [4.69, 9.17) is 11.6 Å². The normalized spacial score (nSPS) is 11.6. The molecule has 0 saturated heterocycles. The Morgan fingerprint density at radius 2 is 1.62 bits per heavy atom. The standard InChI is InChI=1S/C14H9Br2ClO3S/c15-14(16)21(19,20)12-7-6-10(8-11(12)17)13(18)9-4-2-1-3-5-9/h1-8,14H. The van der Waals surface area contributed by atoms with Gasteiger partial charge in [-0.05, 0) is 18.2 Å². The van der Waals surface area contributed by atoms with E-state index in [1.807, 2.05) is 6.07 Å². The van der Waals surface area contributed by atoms with Crippen molar-refractivity contribution in [2.45, 2.75) is 7.96 Å². The van der Waals surface area contributed by atoms with E-state index in [1.54, 1.807) is 24.3 Å². The van der Waals surface area contributed by atoms with Crippen molar-refractivity contribution in [2.24, 2.45) is 0 Å². The van der Waals surface area contributed by atoms with Gasteiger partial charge in [0.15, 0.2) is 8.85 Å². The van der Waals surface area contributed by atoms with E-state index >= 15 is 0 Å². The van der Waals surface area contributed by atoms with Gasteiger partial charge in [-0.2, -0.15) is 0 Å². The Morgan fingerprint density at radius 1 is 1.00 bits per heavy atom. The summed E-state index contributed by atoms with van der Waals surface area (Å²) in [6, 6.07) is 12.9. The van der Waals surface area contributed by atoms with E-state index in [-0.39, 0.29) is 15.7 Å². The summed E-state index contributed by atoms with van der Waals surface area (Å²) in [5.74, 6) is -0.212. The first-order chi connectivity index (χ1) is 9.84. The lowest BCUT2D eigenvalue weighted by Crippen LogP contribution is -2.10. The van der Waals surface area contributed by atoms with Crippen molar-refractivity contribution in [1.82, 2.24) is 0 Å². The third kappa shape index (κ3) is 3.56. The van der Waals surface area contributed by atoms with Crippen LogP contribution >= 0.6 is 43.5 Å². The van der Waals surface area contributed by atoms with Gasteiger partial charge >= 0.3 is 0 Å². The summed E-state index contributed by atoms with van der Waals surface area (Å²) in [6.07, 6.45) is 0. The minimum Gasteiger partial charge on any atom is -0.289 e. The molecule has 7 heteroatoms. The molecule has 0 fully saturated rings. The molecule has 0 N–H and O–H groups in total. The molecule has 0 atom stereocenters. The molecule has 3 nitrogen and oxygen atoms in total. The van der Waals surface area contributed by atoms with Gasteiger partial charge in [-0.3, -0.25) is 4.79 Å². The number of benzene rings is 2. The topological polar surface area (TPSA) is 51.2 Å². The second kappa shape index (κ2) is 6.60. The molecule has 0 heterocycles. The van der Waals surface area contributed by atoms with E-state index in [2.05, 4.69) is 31.9 Å². The molecule has 0 bridgehead atoms. The number of ketones is 1. The molecule has 110 valence electrons. The van der Waals surface area contributed by atoms with Crippen LogP contribution in [0.15, 0.2) is 53.4 Å². The van der Waals surface area contributed by atoms with Crippen LogP contribution in [0.5, 0.6) is 0 Å². The lowest BCUT2D eigenvalue weighted by atomic mass is 10.0. The van der Waals surface area contributed by atoms with E-state index in [1.165, 1.54) is 18.2 Å². The number of hydrogen-bond donors (Lipinski definition) is 0. The fourth-order valence-electron chi connectivity index (χ4n) is 1.72. The Hall–Kier alpha value is -0.690. The van der Waals surface area contributed by atoms with E-state index in [0.29, 0.717) is 11.1 Å². The first kappa shape index (κ1) is 16.7. The van der Waals surface area contributed by atoms with Gasteiger partial charge in [-0.25, -0.2) is 8.42 Å². The molecule has 0 aliphatic carbocycles. The monoisotopic (exact) mass is 450 g/mol. The number of halogens is 3. The quantitative estimate of drug-likeness (QED) is 0.510. The van der Waals surface area contributed by atoms with Crippen LogP contribution in [0.4, 0.5) is 0 Å². The third-order valence-electron chi connectivity index (χ3n) is 2.77. The van der Waals surface area contributed by atoms with Gasteiger partial charge in [-0.1, -0.05) is 73.8 Å². The van der Waals surface area contributed by atoms with Gasteiger partial charge in [-0.15, -0.1) is 0 Å². The number of carbonyl (C=O) groups is 1. The van der Waals surface area contributed by atoms with Crippen molar-refractivity contribution in [2.75, 3.05) is 0 Å². The number of carbonyl (C=O) groups excluding carboxylic acids is 1. The summed E-state index contributed by atoms with van der Waals surface area (Å²) in [5.41, 5.74) is 0.855. The lowest BCUT2D eigenvalue weighted by molar-refractivity contribution is 0.103. The zero-order valence-electron chi connectivity index (χ0n) is 10.5. The van der Waals surface area contributed by atoms with Crippen LogP contribution in [-0.4, -0.2) is 17.3 Å². The minimum atomic E-state index is -3.62. The molecule has 0 saturated carbocycles. The van der Waals surface area contributed by atoms with Gasteiger partial charge in [0.1, 0.15) is 0 Å². The molecule has 2 aromatic rings. The summed E-state index contributed by atoms with van der Waals surface area (Å²) in [4.78, 5) is 12.2. The third-order valence-corrected chi connectivity index (χ3v) is 7.59. The fourth-order valence-corrected chi connectivity index (χ4v) is 4.22.